The Labute approximate surface area is 120 Å². The van der Waals surface area contributed by atoms with Gasteiger partial charge in [0, 0.05) is 10.9 Å². The molecule has 1 atom stereocenters. The monoisotopic (exact) mass is 286 g/mol. The van der Waals surface area contributed by atoms with E-state index in [4.69, 9.17) is 5.73 Å². The predicted molar refractivity (Wildman–Crippen MR) is 82.8 cm³/mol. The number of para-hydroxylation sites is 1. The van der Waals surface area contributed by atoms with Gasteiger partial charge >= 0.3 is 0 Å². The van der Waals surface area contributed by atoms with Gasteiger partial charge in [0.25, 0.3) is 0 Å². The molecule has 0 aliphatic heterocycles. The zero-order valence-corrected chi connectivity index (χ0v) is 12.2. The van der Waals surface area contributed by atoms with E-state index in [0.717, 1.165) is 9.86 Å². The molecule has 3 rings (SSSR count). The molecule has 0 aliphatic carbocycles. The molecule has 2 aromatic carbocycles. The number of nitrogens with two attached hydrogens (primary N) is 1. The maximum absolute atomic E-state index is 6.01. The minimum absolute atomic E-state index is 0.0399. The highest BCUT2D eigenvalue weighted by molar-refractivity contribution is 8.01. The topological polar surface area (TPSA) is 38.9 Å². The second-order valence-electron chi connectivity index (χ2n) is 4.38. The van der Waals surface area contributed by atoms with Crippen LogP contribution in [0, 0.1) is 0 Å². The lowest BCUT2D eigenvalue weighted by atomic mass is 10.1. The second kappa shape index (κ2) is 5.33. The summed E-state index contributed by atoms with van der Waals surface area (Å²) in [6.07, 6.45) is 0. The molecule has 19 heavy (non-hydrogen) atoms. The number of hydrogen-bond donors (Lipinski definition) is 1. The lowest BCUT2D eigenvalue weighted by Gasteiger charge is -2.10. The van der Waals surface area contributed by atoms with Crippen molar-refractivity contribution in [3.05, 3.63) is 54.1 Å². The van der Waals surface area contributed by atoms with E-state index in [1.165, 1.54) is 15.2 Å². The number of thiazole rings is 1. The van der Waals surface area contributed by atoms with E-state index in [-0.39, 0.29) is 6.04 Å². The summed E-state index contributed by atoms with van der Waals surface area (Å²) in [5.74, 6) is 0. The molecular weight excluding hydrogens is 272 g/mol. The Morgan fingerprint density at radius 2 is 1.84 bits per heavy atom. The first kappa shape index (κ1) is 12.7. The Morgan fingerprint density at radius 3 is 2.63 bits per heavy atom. The van der Waals surface area contributed by atoms with Crippen molar-refractivity contribution in [2.75, 3.05) is 0 Å². The molecular formula is C15H14N2S2. The van der Waals surface area contributed by atoms with Gasteiger partial charge in [0.05, 0.1) is 10.2 Å². The number of nitrogens with zero attached hydrogens (tertiary/aromatic N) is 1. The SMILES string of the molecule is CC(N)c1ccccc1Sc1nc2ccccc2s1. The average molecular weight is 286 g/mol. The summed E-state index contributed by atoms with van der Waals surface area (Å²) in [6.45, 7) is 2.01. The fourth-order valence-corrected chi connectivity index (χ4v) is 4.19. The molecule has 0 radical (unpaired) electrons. The van der Waals surface area contributed by atoms with E-state index in [1.807, 2.05) is 37.3 Å². The Hall–Kier alpha value is -1.36. The summed E-state index contributed by atoms with van der Waals surface area (Å²) in [5, 5.41) is 0. The highest BCUT2D eigenvalue weighted by Crippen LogP contribution is 2.36. The van der Waals surface area contributed by atoms with Crippen LogP contribution in [0.2, 0.25) is 0 Å². The number of fused-ring (bicyclic) bond motifs is 1. The minimum Gasteiger partial charge on any atom is -0.324 e. The standard InChI is InChI=1S/C15H14N2S2/c1-10(16)11-6-2-4-8-13(11)18-15-17-12-7-3-5-9-14(12)19-15/h2-10H,16H2,1H3. The lowest BCUT2D eigenvalue weighted by molar-refractivity contribution is 0.797. The zero-order valence-electron chi connectivity index (χ0n) is 10.5. The van der Waals surface area contributed by atoms with Crippen LogP contribution >= 0.6 is 23.1 Å². The smallest absolute Gasteiger partial charge is 0.155 e. The molecule has 4 heteroatoms. The van der Waals surface area contributed by atoms with Crippen molar-refractivity contribution in [1.29, 1.82) is 0 Å². The Bertz CT molecular complexity index is 671. The van der Waals surface area contributed by atoms with Crippen LogP contribution in [0.3, 0.4) is 0 Å². The summed E-state index contributed by atoms with van der Waals surface area (Å²) in [6, 6.07) is 16.5. The largest absolute Gasteiger partial charge is 0.324 e. The van der Waals surface area contributed by atoms with Crippen molar-refractivity contribution >= 4 is 33.3 Å². The molecule has 0 saturated carbocycles. The molecule has 0 fully saturated rings. The Kier molecular flexibility index (Phi) is 3.55. The average Bonchev–Trinajstić information content (AvgIpc) is 2.81. The van der Waals surface area contributed by atoms with Gasteiger partial charge in [-0.2, -0.15) is 0 Å². The molecule has 1 unspecified atom stereocenters. The van der Waals surface area contributed by atoms with Crippen LogP contribution in [0.5, 0.6) is 0 Å². The van der Waals surface area contributed by atoms with E-state index < -0.39 is 0 Å². The van der Waals surface area contributed by atoms with Gasteiger partial charge in [0.2, 0.25) is 0 Å². The van der Waals surface area contributed by atoms with E-state index in [2.05, 4.69) is 23.2 Å². The molecule has 2 nitrogen and oxygen atoms in total. The fourth-order valence-electron chi connectivity index (χ4n) is 1.94. The van der Waals surface area contributed by atoms with E-state index in [9.17, 15) is 0 Å². The van der Waals surface area contributed by atoms with Gasteiger partial charge in [-0.25, -0.2) is 4.98 Å². The van der Waals surface area contributed by atoms with Gasteiger partial charge in [-0.05, 0) is 30.7 Å². The van der Waals surface area contributed by atoms with Crippen molar-refractivity contribution in [2.45, 2.75) is 22.2 Å². The quantitative estimate of drug-likeness (QED) is 0.772. The summed E-state index contributed by atoms with van der Waals surface area (Å²) in [4.78, 5) is 5.84. The molecule has 0 aliphatic rings. The van der Waals surface area contributed by atoms with Crippen LogP contribution in [-0.4, -0.2) is 4.98 Å². The number of hydrogen-bond acceptors (Lipinski definition) is 4. The Balaban J connectivity index is 1.97. The second-order valence-corrected chi connectivity index (χ2v) is 6.70. The van der Waals surface area contributed by atoms with E-state index >= 15 is 0 Å². The zero-order chi connectivity index (χ0) is 13.2. The van der Waals surface area contributed by atoms with Crippen LogP contribution in [0.1, 0.15) is 18.5 Å². The maximum Gasteiger partial charge on any atom is 0.155 e. The first-order valence-corrected chi connectivity index (χ1v) is 7.75. The highest BCUT2D eigenvalue weighted by Gasteiger charge is 2.10. The number of benzene rings is 2. The van der Waals surface area contributed by atoms with Gasteiger partial charge in [0.1, 0.15) is 0 Å². The number of aromatic nitrogens is 1. The summed E-state index contributed by atoms with van der Waals surface area (Å²) in [5.41, 5.74) is 8.25. The first-order chi connectivity index (χ1) is 9.24. The minimum atomic E-state index is 0.0399. The molecule has 0 spiro atoms. The van der Waals surface area contributed by atoms with Crippen LogP contribution in [0.4, 0.5) is 0 Å². The third kappa shape index (κ3) is 2.66. The normalized spacial score (nSPS) is 12.7. The third-order valence-electron chi connectivity index (χ3n) is 2.88. The molecule has 1 aromatic heterocycles. The van der Waals surface area contributed by atoms with Crippen LogP contribution < -0.4 is 5.73 Å². The first-order valence-electron chi connectivity index (χ1n) is 6.12. The van der Waals surface area contributed by atoms with Gasteiger partial charge in [0.15, 0.2) is 4.34 Å². The van der Waals surface area contributed by atoms with Crippen molar-refractivity contribution in [3.63, 3.8) is 0 Å². The maximum atomic E-state index is 6.01. The summed E-state index contributed by atoms with van der Waals surface area (Å²) in [7, 11) is 0. The third-order valence-corrected chi connectivity index (χ3v) is 5.07. The van der Waals surface area contributed by atoms with E-state index in [0.29, 0.717) is 0 Å². The van der Waals surface area contributed by atoms with Crippen molar-refractivity contribution in [3.8, 4) is 0 Å². The molecule has 1 heterocycles. The lowest BCUT2D eigenvalue weighted by Crippen LogP contribution is -2.05. The van der Waals surface area contributed by atoms with Crippen molar-refractivity contribution in [2.24, 2.45) is 5.73 Å². The Morgan fingerprint density at radius 1 is 1.11 bits per heavy atom. The predicted octanol–water partition coefficient (Wildman–Crippen LogP) is 4.47. The van der Waals surface area contributed by atoms with E-state index in [1.54, 1.807) is 23.1 Å². The van der Waals surface area contributed by atoms with Crippen molar-refractivity contribution in [1.82, 2.24) is 4.98 Å². The van der Waals surface area contributed by atoms with Crippen LogP contribution in [0.25, 0.3) is 10.2 Å². The van der Waals surface area contributed by atoms with Crippen LogP contribution in [0.15, 0.2) is 57.8 Å². The van der Waals surface area contributed by atoms with Crippen molar-refractivity contribution < 1.29 is 0 Å². The number of rotatable bonds is 3. The molecule has 96 valence electrons. The van der Waals surface area contributed by atoms with Gasteiger partial charge in [-0.15, -0.1) is 11.3 Å². The summed E-state index contributed by atoms with van der Waals surface area (Å²) < 4.78 is 2.29. The van der Waals surface area contributed by atoms with Gasteiger partial charge < -0.3 is 5.73 Å². The van der Waals surface area contributed by atoms with Crippen LogP contribution in [-0.2, 0) is 0 Å². The van der Waals surface area contributed by atoms with Gasteiger partial charge in [-0.3, -0.25) is 0 Å². The molecule has 3 aromatic rings. The highest BCUT2D eigenvalue weighted by atomic mass is 32.2. The molecule has 0 bridgehead atoms. The van der Waals surface area contributed by atoms with Gasteiger partial charge in [-0.1, -0.05) is 42.1 Å². The fraction of sp³-hybridized carbons (Fsp3) is 0.133. The summed E-state index contributed by atoms with van der Waals surface area (Å²) >= 11 is 3.42. The molecule has 0 amide bonds. The molecule has 2 N–H and O–H groups in total. The molecule has 0 saturated heterocycles.